The molecule has 1 aromatic carbocycles. The Bertz CT molecular complexity index is 375. The fraction of sp³-hybridized carbons (Fsp3) is 0.600. The normalized spacial score (nSPS) is 33.1. The lowest BCUT2D eigenvalue weighted by Gasteiger charge is -2.29. The summed E-state index contributed by atoms with van der Waals surface area (Å²) in [6.45, 7) is 4.62. The van der Waals surface area contributed by atoms with Gasteiger partial charge in [0, 0.05) is 12.8 Å². The first-order chi connectivity index (χ1) is 8.49. The van der Waals surface area contributed by atoms with Crippen molar-refractivity contribution < 1.29 is 14.6 Å². The van der Waals surface area contributed by atoms with Crippen molar-refractivity contribution >= 4 is 0 Å². The summed E-state index contributed by atoms with van der Waals surface area (Å²) in [6.07, 6.45) is 2.33. The maximum absolute atomic E-state index is 9.97. The van der Waals surface area contributed by atoms with Crippen LogP contribution in [0.1, 0.15) is 32.3 Å². The van der Waals surface area contributed by atoms with Crippen molar-refractivity contribution in [2.45, 2.75) is 44.5 Å². The molecule has 0 aromatic heterocycles. The fourth-order valence-electron chi connectivity index (χ4n) is 2.07. The smallest absolute Gasteiger partial charge is 0.165 e. The molecule has 2 atom stereocenters. The molecule has 1 saturated heterocycles. The number of rotatable bonds is 3. The van der Waals surface area contributed by atoms with E-state index in [0.29, 0.717) is 19.6 Å². The monoisotopic (exact) mass is 250 g/mol. The Morgan fingerprint density at radius 2 is 1.89 bits per heavy atom. The number of hydrogen-bond donors (Lipinski definition) is 1. The van der Waals surface area contributed by atoms with Crippen LogP contribution in [0.25, 0.3) is 0 Å². The van der Waals surface area contributed by atoms with Crippen LogP contribution < -0.4 is 0 Å². The third-order valence-corrected chi connectivity index (χ3v) is 3.45. The molecule has 1 N–H and O–H groups in total. The van der Waals surface area contributed by atoms with Gasteiger partial charge in [-0.05, 0) is 25.8 Å². The summed E-state index contributed by atoms with van der Waals surface area (Å²) in [7, 11) is 0. The lowest BCUT2D eigenvalue weighted by Crippen LogP contribution is -2.35. The zero-order valence-electron chi connectivity index (χ0n) is 11.2. The van der Waals surface area contributed by atoms with E-state index in [1.54, 1.807) is 6.92 Å². The van der Waals surface area contributed by atoms with Crippen LogP contribution in [0.4, 0.5) is 0 Å². The van der Waals surface area contributed by atoms with Gasteiger partial charge in [0.2, 0.25) is 0 Å². The molecule has 0 amide bonds. The minimum atomic E-state index is -0.773. The highest BCUT2D eigenvalue weighted by atomic mass is 16.7. The van der Waals surface area contributed by atoms with E-state index in [1.807, 2.05) is 25.1 Å². The average Bonchev–Trinajstić information content (AvgIpc) is 2.48. The minimum absolute atomic E-state index is 0.332. The van der Waals surface area contributed by atoms with E-state index < -0.39 is 11.4 Å². The van der Waals surface area contributed by atoms with Crippen molar-refractivity contribution in [3.05, 3.63) is 35.9 Å². The molecule has 0 saturated carbocycles. The SMILES string of the molecule is CC1(O)CCO[C@@](C)(CCc2ccccc2)OC1. The molecule has 2 rings (SSSR count). The molecule has 1 aliphatic rings. The van der Waals surface area contributed by atoms with Gasteiger partial charge >= 0.3 is 0 Å². The minimum Gasteiger partial charge on any atom is -0.388 e. The van der Waals surface area contributed by atoms with Gasteiger partial charge in [0.05, 0.1) is 18.8 Å². The highest BCUT2D eigenvalue weighted by Gasteiger charge is 2.34. The average molecular weight is 250 g/mol. The van der Waals surface area contributed by atoms with Crippen LogP contribution in [-0.2, 0) is 15.9 Å². The van der Waals surface area contributed by atoms with E-state index in [-0.39, 0.29) is 0 Å². The zero-order chi connectivity index (χ0) is 13.1. The molecule has 3 heteroatoms. The van der Waals surface area contributed by atoms with Gasteiger partial charge in [0.25, 0.3) is 0 Å². The first kappa shape index (κ1) is 13.5. The van der Waals surface area contributed by atoms with Gasteiger partial charge in [0.1, 0.15) is 0 Å². The Labute approximate surface area is 109 Å². The summed E-state index contributed by atoms with van der Waals surface area (Å²) < 4.78 is 11.5. The maximum Gasteiger partial charge on any atom is 0.165 e. The second-order valence-electron chi connectivity index (χ2n) is 5.50. The number of ether oxygens (including phenoxy) is 2. The topological polar surface area (TPSA) is 38.7 Å². The number of aliphatic hydroxyl groups is 1. The molecule has 1 aromatic rings. The maximum atomic E-state index is 9.97. The Kier molecular flexibility index (Phi) is 4.05. The summed E-state index contributed by atoms with van der Waals surface area (Å²) in [5.74, 6) is -0.587. The van der Waals surface area contributed by atoms with Crippen molar-refractivity contribution in [3.8, 4) is 0 Å². The van der Waals surface area contributed by atoms with Crippen molar-refractivity contribution in [1.82, 2.24) is 0 Å². The Morgan fingerprint density at radius 3 is 2.61 bits per heavy atom. The van der Waals surface area contributed by atoms with E-state index in [1.165, 1.54) is 5.56 Å². The molecule has 1 unspecified atom stereocenters. The molecular formula is C15H22O3. The number of aryl methyl sites for hydroxylation is 1. The molecule has 100 valence electrons. The van der Waals surface area contributed by atoms with Crippen molar-refractivity contribution in [2.75, 3.05) is 13.2 Å². The predicted molar refractivity (Wildman–Crippen MR) is 70.3 cm³/mol. The molecule has 0 aliphatic carbocycles. The van der Waals surface area contributed by atoms with Gasteiger partial charge in [0.15, 0.2) is 5.79 Å². The van der Waals surface area contributed by atoms with Crippen LogP contribution in [-0.4, -0.2) is 29.7 Å². The summed E-state index contributed by atoms with van der Waals surface area (Å²) in [6, 6.07) is 10.3. The van der Waals surface area contributed by atoms with Crippen LogP contribution in [0.15, 0.2) is 30.3 Å². The molecule has 18 heavy (non-hydrogen) atoms. The van der Waals surface area contributed by atoms with Crippen LogP contribution >= 0.6 is 0 Å². The van der Waals surface area contributed by atoms with Crippen LogP contribution in [0.2, 0.25) is 0 Å². The van der Waals surface area contributed by atoms with Gasteiger partial charge in [-0.25, -0.2) is 0 Å². The van der Waals surface area contributed by atoms with Crippen molar-refractivity contribution in [1.29, 1.82) is 0 Å². The van der Waals surface area contributed by atoms with Crippen LogP contribution in [0, 0.1) is 0 Å². The molecule has 0 bridgehead atoms. The predicted octanol–water partition coefficient (Wildman–Crippen LogP) is 2.52. The molecule has 1 fully saturated rings. The number of hydrogen-bond acceptors (Lipinski definition) is 3. The van der Waals surface area contributed by atoms with E-state index in [4.69, 9.17) is 9.47 Å². The molecule has 0 spiro atoms. The number of benzene rings is 1. The first-order valence-corrected chi connectivity index (χ1v) is 6.53. The van der Waals surface area contributed by atoms with Crippen LogP contribution in [0.5, 0.6) is 0 Å². The Hall–Kier alpha value is -0.900. The van der Waals surface area contributed by atoms with Gasteiger partial charge in [-0.3, -0.25) is 0 Å². The second-order valence-corrected chi connectivity index (χ2v) is 5.50. The van der Waals surface area contributed by atoms with Gasteiger partial charge in [-0.1, -0.05) is 30.3 Å². The lowest BCUT2D eigenvalue weighted by molar-refractivity contribution is -0.223. The second kappa shape index (κ2) is 5.39. The zero-order valence-corrected chi connectivity index (χ0v) is 11.2. The van der Waals surface area contributed by atoms with E-state index >= 15 is 0 Å². The van der Waals surface area contributed by atoms with Crippen LogP contribution in [0.3, 0.4) is 0 Å². The third-order valence-electron chi connectivity index (χ3n) is 3.45. The molecular weight excluding hydrogens is 228 g/mol. The van der Waals surface area contributed by atoms with E-state index in [2.05, 4.69) is 12.1 Å². The first-order valence-electron chi connectivity index (χ1n) is 6.53. The Morgan fingerprint density at radius 1 is 1.17 bits per heavy atom. The quantitative estimate of drug-likeness (QED) is 0.896. The summed E-state index contributed by atoms with van der Waals surface area (Å²) >= 11 is 0. The molecule has 1 aliphatic heterocycles. The Balaban J connectivity index is 1.91. The van der Waals surface area contributed by atoms with Gasteiger partial charge in [-0.2, -0.15) is 0 Å². The highest BCUT2D eigenvalue weighted by Crippen LogP contribution is 2.27. The summed E-state index contributed by atoms with van der Waals surface area (Å²) in [5.41, 5.74) is 0.506. The summed E-state index contributed by atoms with van der Waals surface area (Å²) in [5, 5.41) is 9.97. The summed E-state index contributed by atoms with van der Waals surface area (Å²) in [4.78, 5) is 0. The van der Waals surface area contributed by atoms with Crippen molar-refractivity contribution in [2.24, 2.45) is 0 Å². The third kappa shape index (κ3) is 3.80. The van der Waals surface area contributed by atoms with Gasteiger partial charge in [-0.15, -0.1) is 0 Å². The molecule has 1 heterocycles. The van der Waals surface area contributed by atoms with E-state index in [0.717, 1.165) is 12.8 Å². The highest BCUT2D eigenvalue weighted by molar-refractivity contribution is 5.14. The van der Waals surface area contributed by atoms with Crippen molar-refractivity contribution in [3.63, 3.8) is 0 Å². The molecule has 0 radical (unpaired) electrons. The standard InChI is InChI=1S/C15H22O3/c1-14(16)10-11-17-15(2,18-12-14)9-8-13-6-4-3-5-7-13/h3-7,16H,8-12H2,1-2H3/t14?,15-/m1/s1. The van der Waals surface area contributed by atoms with E-state index in [9.17, 15) is 5.11 Å². The lowest BCUT2D eigenvalue weighted by atomic mass is 10.0. The van der Waals surface area contributed by atoms with Gasteiger partial charge < -0.3 is 14.6 Å². The molecule has 3 nitrogen and oxygen atoms in total. The fourth-order valence-corrected chi connectivity index (χ4v) is 2.07. The largest absolute Gasteiger partial charge is 0.388 e.